The van der Waals surface area contributed by atoms with Gasteiger partial charge >= 0.3 is 0 Å². The van der Waals surface area contributed by atoms with Crippen LogP contribution in [0.15, 0.2) is 54.1 Å². The molecule has 1 heterocycles. The van der Waals surface area contributed by atoms with Crippen LogP contribution in [0, 0.1) is 11.3 Å². The van der Waals surface area contributed by atoms with E-state index in [-0.39, 0.29) is 5.57 Å². The Labute approximate surface area is 171 Å². The molecule has 140 valence electrons. The number of ether oxygens (including phenoxy) is 1. The van der Waals surface area contributed by atoms with Gasteiger partial charge in [-0.15, -0.1) is 10.2 Å². The SMILES string of the molecule is COc1ccc(/C=C(\C#N)C(=O)Nc2nnc(Cc3ccc(Cl)cc3)s2)cc1. The maximum atomic E-state index is 12.4. The number of hydrogen-bond acceptors (Lipinski definition) is 6. The van der Waals surface area contributed by atoms with Gasteiger partial charge in [0.05, 0.1) is 7.11 Å². The van der Waals surface area contributed by atoms with Gasteiger partial charge in [-0.2, -0.15) is 5.26 Å². The van der Waals surface area contributed by atoms with Crippen molar-refractivity contribution in [1.82, 2.24) is 10.2 Å². The minimum atomic E-state index is -0.535. The summed E-state index contributed by atoms with van der Waals surface area (Å²) in [4.78, 5) is 12.4. The number of benzene rings is 2. The third-order valence-electron chi connectivity index (χ3n) is 3.75. The van der Waals surface area contributed by atoms with Gasteiger partial charge in [-0.3, -0.25) is 10.1 Å². The van der Waals surface area contributed by atoms with Gasteiger partial charge in [0.1, 0.15) is 22.4 Å². The molecule has 3 rings (SSSR count). The number of carbonyl (C=O) groups is 1. The molecule has 3 aromatic rings. The summed E-state index contributed by atoms with van der Waals surface area (Å²) in [6.45, 7) is 0. The van der Waals surface area contributed by atoms with E-state index in [1.165, 1.54) is 17.4 Å². The number of rotatable bonds is 6. The lowest BCUT2D eigenvalue weighted by molar-refractivity contribution is -0.112. The maximum Gasteiger partial charge on any atom is 0.268 e. The molecule has 0 unspecified atom stereocenters. The molecule has 6 nitrogen and oxygen atoms in total. The smallest absolute Gasteiger partial charge is 0.268 e. The Morgan fingerprint density at radius 2 is 1.93 bits per heavy atom. The molecule has 1 amide bonds. The zero-order valence-corrected chi connectivity index (χ0v) is 16.4. The molecule has 0 spiro atoms. The van der Waals surface area contributed by atoms with Crippen molar-refractivity contribution in [3.8, 4) is 11.8 Å². The number of nitrogens with one attached hydrogen (secondary N) is 1. The Morgan fingerprint density at radius 1 is 1.21 bits per heavy atom. The van der Waals surface area contributed by atoms with Crippen molar-refractivity contribution in [1.29, 1.82) is 5.26 Å². The second kappa shape index (κ2) is 9.13. The molecule has 0 aliphatic rings. The first-order chi connectivity index (χ1) is 13.6. The van der Waals surface area contributed by atoms with Crippen molar-refractivity contribution in [2.24, 2.45) is 0 Å². The van der Waals surface area contributed by atoms with Gasteiger partial charge in [0.2, 0.25) is 5.13 Å². The number of anilines is 1. The summed E-state index contributed by atoms with van der Waals surface area (Å²) in [5.41, 5.74) is 1.73. The third-order valence-corrected chi connectivity index (χ3v) is 4.84. The van der Waals surface area contributed by atoms with Crippen LogP contribution in [0.3, 0.4) is 0 Å². The first-order valence-electron chi connectivity index (χ1n) is 8.21. The Hall–Kier alpha value is -3.21. The van der Waals surface area contributed by atoms with Crippen LogP contribution in [-0.2, 0) is 11.2 Å². The van der Waals surface area contributed by atoms with Gasteiger partial charge in [-0.1, -0.05) is 47.2 Å². The third kappa shape index (κ3) is 5.16. The summed E-state index contributed by atoms with van der Waals surface area (Å²) in [7, 11) is 1.57. The quantitative estimate of drug-likeness (QED) is 0.482. The van der Waals surface area contributed by atoms with E-state index in [1.807, 2.05) is 30.3 Å². The number of nitrogens with zero attached hydrogens (tertiary/aromatic N) is 3. The molecule has 2 aromatic carbocycles. The van der Waals surface area contributed by atoms with E-state index in [0.717, 1.165) is 10.6 Å². The minimum Gasteiger partial charge on any atom is -0.497 e. The van der Waals surface area contributed by atoms with Crippen molar-refractivity contribution in [3.05, 3.63) is 75.3 Å². The highest BCUT2D eigenvalue weighted by Crippen LogP contribution is 2.21. The van der Waals surface area contributed by atoms with Crippen molar-refractivity contribution in [2.75, 3.05) is 12.4 Å². The largest absolute Gasteiger partial charge is 0.497 e. The molecule has 0 radical (unpaired) electrons. The summed E-state index contributed by atoms with van der Waals surface area (Å²) >= 11 is 7.14. The summed E-state index contributed by atoms with van der Waals surface area (Å²) < 4.78 is 5.09. The van der Waals surface area contributed by atoms with E-state index in [9.17, 15) is 10.1 Å². The Bertz CT molecular complexity index is 1040. The highest BCUT2D eigenvalue weighted by molar-refractivity contribution is 7.15. The molecule has 0 aliphatic carbocycles. The molecular weight excluding hydrogens is 396 g/mol. The van der Waals surface area contributed by atoms with E-state index in [0.29, 0.717) is 27.9 Å². The Balaban J connectivity index is 1.67. The number of aromatic nitrogens is 2. The van der Waals surface area contributed by atoms with Crippen molar-refractivity contribution < 1.29 is 9.53 Å². The molecule has 1 aromatic heterocycles. The lowest BCUT2D eigenvalue weighted by Gasteiger charge is -2.01. The van der Waals surface area contributed by atoms with E-state index in [2.05, 4.69) is 15.5 Å². The number of methoxy groups -OCH3 is 1. The fourth-order valence-electron chi connectivity index (χ4n) is 2.33. The normalized spacial score (nSPS) is 11.0. The molecule has 0 saturated heterocycles. The lowest BCUT2D eigenvalue weighted by Crippen LogP contribution is -2.13. The average Bonchev–Trinajstić information content (AvgIpc) is 3.15. The van der Waals surface area contributed by atoms with Crippen LogP contribution >= 0.6 is 22.9 Å². The number of halogens is 1. The molecule has 0 atom stereocenters. The van der Waals surface area contributed by atoms with Gasteiger partial charge < -0.3 is 4.74 Å². The number of hydrogen-bond donors (Lipinski definition) is 1. The standard InChI is InChI=1S/C20H15ClN4O2S/c1-27-17-8-4-13(5-9-17)10-15(12-22)19(26)23-20-25-24-18(28-20)11-14-2-6-16(21)7-3-14/h2-10H,11H2,1H3,(H,23,25,26)/b15-10+. The molecule has 0 saturated carbocycles. The molecule has 28 heavy (non-hydrogen) atoms. The molecule has 1 N–H and O–H groups in total. The topological polar surface area (TPSA) is 87.9 Å². The maximum absolute atomic E-state index is 12.4. The van der Waals surface area contributed by atoms with Crippen molar-refractivity contribution >= 4 is 40.1 Å². The predicted octanol–water partition coefficient (Wildman–Crippen LogP) is 4.34. The van der Waals surface area contributed by atoms with Gasteiger partial charge in [0.25, 0.3) is 5.91 Å². The monoisotopic (exact) mass is 410 g/mol. The molecule has 0 aliphatic heterocycles. The molecule has 8 heteroatoms. The first-order valence-corrected chi connectivity index (χ1v) is 9.41. The van der Waals surface area contributed by atoms with Gasteiger partial charge in [-0.05, 0) is 41.5 Å². The van der Waals surface area contributed by atoms with Crippen LogP contribution in [0.2, 0.25) is 5.02 Å². The van der Waals surface area contributed by atoms with Crippen LogP contribution in [0.25, 0.3) is 6.08 Å². The second-order valence-electron chi connectivity index (χ2n) is 5.70. The van der Waals surface area contributed by atoms with Crippen molar-refractivity contribution in [3.63, 3.8) is 0 Å². The van der Waals surface area contributed by atoms with Crippen molar-refractivity contribution in [2.45, 2.75) is 6.42 Å². The first kappa shape index (κ1) is 19.5. The summed E-state index contributed by atoms with van der Waals surface area (Å²) in [6, 6.07) is 16.4. The highest BCUT2D eigenvalue weighted by atomic mass is 35.5. The fraction of sp³-hybridized carbons (Fsp3) is 0.100. The Morgan fingerprint density at radius 3 is 2.57 bits per heavy atom. The van der Waals surface area contributed by atoms with Gasteiger partial charge in [-0.25, -0.2) is 0 Å². The predicted molar refractivity (Wildman–Crippen MR) is 109 cm³/mol. The Kier molecular flexibility index (Phi) is 6.37. The zero-order chi connectivity index (χ0) is 19.9. The minimum absolute atomic E-state index is 0.0281. The lowest BCUT2D eigenvalue weighted by atomic mass is 10.1. The number of amides is 1. The van der Waals surface area contributed by atoms with Crippen LogP contribution in [0.1, 0.15) is 16.1 Å². The average molecular weight is 411 g/mol. The summed E-state index contributed by atoms with van der Waals surface area (Å²) in [5.74, 6) is 0.162. The van der Waals surface area contributed by atoms with E-state index >= 15 is 0 Å². The van der Waals surface area contributed by atoms with E-state index in [1.54, 1.807) is 31.4 Å². The van der Waals surface area contributed by atoms with Gasteiger partial charge in [0, 0.05) is 11.4 Å². The van der Waals surface area contributed by atoms with Gasteiger partial charge in [0.15, 0.2) is 0 Å². The van der Waals surface area contributed by atoms with Crippen LogP contribution in [0.4, 0.5) is 5.13 Å². The fourth-order valence-corrected chi connectivity index (χ4v) is 3.23. The zero-order valence-electron chi connectivity index (χ0n) is 14.8. The number of carbonyl (C=O) groups excluding carboxylic acids is 1. The second-order valence-corrected chi connectivity index (χ2v) is 7.20. The molecule has 0 fully saturated rings. The number of nitriles is 1. The summed E-state index contributed by atoms with van der Waals surface area (Å²) in [6.07, 6.45) is 2.09. The molecular formula is C20H15ClN4O2S. The van der Waals surface area contributed by atoms with Crippen LogP contribution in [0.5, 0.6) is 5.75 Å². The summed E-state index contributed by atoms with van der Waals surface area (Å²) in [5, 5.41) is 21.7. The highest BCUT2D eigenvalue weighted by Gasteiger charge is 2.13. The van der Waals surface area contributed by atoms with Crippen LogP contribution in [-0.4, -0.2) is 23.2 Å². The van der Waals surface area contributed by atoms with E-state index < -0.39 is 5.91 Å². The van der Waals surface area contributed by atoms with Crippen LogP contribution < -0.4 is 10.1 Å². The van der Waals surface area contributed by atoms with E-state index in [4.69, 9.17) is 16.3 Å². The molecule has 0 bridgehead atoms.